The third-order valence-electron chi connectivity index (χ3n) is 3.69. The summed E-state index contributed by atoms with van der Waals surface area (Å²) in [5, 5.41) is 0. The second-order valence-corrected chi connectivity index (χ2v) is 6.14. The van der Waals surface area contributed by atoms with Crippen molar-refractivity contribution < 1.29 is 9.53 Å². The standard InChI is InChI=1S/C18H19NO2S/c1-2-3-11-21-17-15-10-9-14(13-7-5-4-6-8-13)12-16(15)22-19-18(17)20/h4-10,12,17H,2-3,11H2,1H3,(H,19,20). The van der Waals surface area contributed by atoms with Crippen molar-refractivity contribution in [1.82, 2.24) is 4.72 Å². The van der Waals surface area contributed by atoms with Gasteiger partial charge in [-0.25, -0.2) is 0 Å². The molecule has 1 unspecified atom stereocenters. The maximum absolute atomic E-state index is 12.0. The molecule has 0 radical (unpaired) electrons. The molecule has 1 N–H and O–H groups in total. The summed E-state index contributed by atoms with van der Waals surface area (Å²) in [4.78, 5) is 13.1. The predicted octanol–water partition coefficient (Wildman–Crippen LogP) is 4.35. The van der Waals surface area contributed by atoms with Gasteiger partial charge >= 0.3 is 0 Å². The maximum Gasteiger partial charge on any atom is 0.263 e. The van der Waals surface area contributed by atoms with E-state index in [1.807, 2.05) is 24.3 Å². The van der Waals surface area contributed by atoms with Crippen LogP contribution in [0.3, 0.4) is 0 Å². The zero-order chi connectivity index (χ0) is 15.4. The number of ether oxygens (including phenoxy) is 1. The van der Waals surface area contributed by atoms with E-state index in [2.05, 4.69) is 35.9 Å². The highest BCUT2D eigenvalue weighted by atomic mass is 32.2. The Hall–Kier alpha value is -1.78. The van der Waals surface area contributed by atoms with Crippen molar-refractivity contribution >= 4 is 17.9 Å². The summed E-state index contributed by atoms with van der Waals surface area (Å²) < 4.78 is 8.63. The number of amides is 1. The highest BCUT2D eigenvalue weighted by Gasteiger charge is 2.29. The number of carbonyl (C=O) groups excluding carboxylic acids is 1. The van der Waals surface area contributed by atoms with E-state index in [1.54, 1.807) is 0 Å². The van der Waals surface area contributed by atoms with Crippen LogP contribution in [0, 0.1) is 0 Å². The fourth-order valence-electron chi connectivity index (χ4n) is 2.46. The van der Waals surface area contributed by atoms with Gasteiger partial charge < -0.3 is 4.74 Å². The summed E-state index contributed by atoms with van der Waals surface area (Å²) in [6.07, 6.45) is 1.53. The molecular formula is C18H19NO2S. The van der Waals surface area contributed by atoms with Crippen LogP contribution in [0.4, 0.5) is 0 Å². The Morgan fingerprint density at radius 3 is 2.73 bits per heavy atom. The molecule has 0 saturated carbocycles. The highest BCUT2D eigenvalue weighted by Crippen LogP contribution is 2.36. The molecule has 3 nitrogen and oxygen atoms in total. The Bertz CT molecular complexity index is 657. The Morgan fingerprint density at radius 1 is 1.14 bits per heavy atom. The monoisotopic (exact) mass is 313 g/mol. The van der Waals surface area contributed by atoms with Gasteiger partial charge in [0, 0.05) is 17.1 Å². The third kappa shape index (κ3) is 3.18. The van der Waals surface area contributed by atoms with E-state index < -0.39 is 6.10 Å². The van der Waals surface area contributed by atoms with Gasteiger partial charge in [-0.05, 0) is 35.6 Å². The summed E-state index contributed by atoms with van der Waals surface area (Å²) in [5.74, 6) is -0.0685. The zero-order valence-corrected chi connectivity index (χ0v) is 13.4. The van der Waals surface area contributed by atoms with Crippen molar-refractivity contribution in [2.75, 3.05) is 6.61 Å². The fourth-order valence-corrected chi connectivity index (χ4v) is 3.26. The quantitative estimate of drug-likeness (QED) is 0.659. The van der Waals surface area contributed by atoms with E-state index in [9.17, 15) is 4.79 Å². The fraction of sp³-hybridized carbons (Fsp3) is 0.278. The lowest BCUT2D eigenvalue weighted by Gasteiger charge is -2.25. The van der Waals surface area contributed by atoms with Gasteiger partial charge in [-0.2, -0.15) is 0 Å². The third-order valence-corrected chi connectivity index (χ3v) is 4.56. The zero-order valence-electron chi connectivity index (χ0n) is 12.5. The van der Waals surface area contributed by atoms with E-state index in [0.29, 0.717) is 6.61 Å². The molecule has 1 atom stereocenters. The first kappa shape index (κ1) is 15.1. The van der Waals surface area contributed by atoms with Gasteiger partial charge in [0.05, 0.1) is 0 Å². The van der Waals surface area contributed by atoms with Crippen LogP contribution in [0.15, 0.2) is 53.4 Å². The van der Waals surface area contributed by atoms with Crippen LogP contribution < -0.4 is 4.72 Å². The molecule has 1 aliphatic rings. The summed E-state index contributed by atoms with van der Waals surface area (Å²) in [5.41, 5.74) is 3.28. The van der Waals surface area contributed by atoms with Crippen LogP contribution in [0.25, 0.3) is 11.1 Å². The van der Waals surface area contributed by atoms with Crippen molar-refractivity contribution in [3.8, 4) is 11.1 Å². The molecule has 0 fully saturated rings. The molecule has 1 heterocycles. The smallest absolute Gasteiger partial charge is 0.263 e. The summed E-state index contributed by atoms with van der Waals surface area (Å²) in [6, 6.07) is 16.4. The average Bonchev–Trinajstić information content (AvgIpc) is 2.57. The van der Waals surface area contributed by atoms with Gasteiger partial charge in [0.15, 0.2) is 6.10 Å². The highest BCUT2D eigenvalue weighted by molar-refractivity contribution is 7.98. The van der Waals surface area contributed by atoms with E-state index in [1.165, 1.54) is 17.5 Å². The Balaban J connectivity index is 1.87. The molecule has 114 valence electrons. The van der Waals surface area contributed by atoms with Crippen LogP contribution in [-0.4, -0.2) is 12.5 Å². The van der Waals surface area contributed by atoms with Crippen molar-refractivity contribution in [1.29, 1.82) is 0 Å². The molecular weight excluding hydrogens is 294 g/mol. The van der Waals surface area contributed by atoms with Crippen molar-refractivity contribution in [3.05, 3.63) is 54.1 Å². The molecule has 1 aliphatic heterocycles. The van der Waals surface area contributed by atoms with E-state index >= 15 is 0 Å². The first-order valence-electron chi connectivity index (χ1n) is 7.57. The number of carbonyl (C=O) groups is 1. The molecule has 0 saturated heterocycles. The maximum atomic E-state index is 12.0. The minimum atomic E-state index is -0.493. The van der Waals surface area contributed by atoms with Crippen LogP contribution in [0.1, 0.15) is 31.4 Å². The van der Waals surface area contributed by atoms with Crippen molar-refractivity contribution in [2.24, 2.45) is 0 Å². The Labute approximate surface area is 135 Å². The van der Waals surface area contributed by atoms with Crippen LogP contribution in [0.5, 0.6) is 0 Å². The van der Waals surface area contributed by atoms with Gasteiger partial charge in [0.25, 0.3) is 5.91 Å². The number of nitrogens with one attached hydrogen (secondary N) is 1. The number of rotatable bonds is 5. The molecule has 1 amide bonds. The SMILES string of the molecule is CCCCOC1C(=O)NSc2cc(-c3ccccc3)ccc21. The molecule has 0 bridgehead atoms. The molecule has 3 rings (SSSR count). The Kier molecular flexibility index (Phi) is 4.80. The predicted molar refractivity (Wildman–Crippen MR) is 89.5 cm³/mol. The average molecular weight is 313 g/mol. The largest absolute Gasteiger partial charge is 0.364 e. The van der Waals surface area contributed by atoms with E-state index in [-0.39, 0.29) is 5.91 Å². The second kappa shape index (κ2) is 6.99. The lowest BCUT2D eigenvalue weighted by atomic mass is 10.0. The van der Waals surface area contributed by atoms with Gasteiger partial charge in [-0.3, -0.25) is 9.52 Å². The number of benzene rings is 2. The molecule has 4 heteroatoms. The summed E-state index contributed by atoms with van der Waals surface area (Å²) >= 11 is 1.37. The van der Waals surface area contributed by atoms with Gasteiger partial charge in [0.1, 0.15) is 0 Å². The summed E-state index contributed by atoms with van der Waals surface area (Å²) in [6.45, 7) is 2.72. The Morgan fingerprint density at radius 2 is 1.95 bits per heavy atom. The molecule has 2 aromatic rings. The van der Waals surface area contributed by atoms with Gasteiger partial charge in [-0.1, -0.05) is 55.8 Å². The lowest BCUT2D eigenvalue weighted by Crippen LogP contribution is -2.30. The van der Waals surface area contributed by atoms with Gasteiger partial charge in [0.2, 0.25) is 0 Å². The topological polar surface area (TPSA) is 38.3 Å². The molecule has 0 aromatic heterocycles. The van der Waals surface area contributed by atoms with Crippen LogP contribution in [-0.2, 0) is 9.53 Å². The summed E-state index contributed by atoms with van der Waals surface area (Å²) in [7, 11) is 0. The minimum absolute atomic E-state index is 0.0685. The van der Waals surface area contributed by atoms with Crippen LogP contribution in [0.2, 0.25) is 0 Å². The van der Waals surface area contributed by atoms with E-state index in [0.717, 1.165) is 28.9 Å². The first-order chi connectivity index (χ1) is 10.8. The number of hydrogen-bond donors (Lipinski definition) is 1. The second-order valence-electron chi connectivity index (χ2n) is 5.29. The minimum Gasteiger partial charge on any atom is -0.364 e. The van der Waals surface area contributed by atoms with Crippen molar-refractivity contribution in [3.63, 3.8) is 0 Å². The van der Waals surface area contributed by atoms with Gasteiger partial charge in [-0.15, -0.1) is 0 Å². The number of hydrogen-bond acceptors (Lipinski definition) is 3. The normalized spacial score (nSPS) is 17.0. The number of unbranched alkanes of at least 4 members (excludes halogenated alkanes) is 1. The first-order valence-corrected chi connectivity index (χ1v) is 8.39. The molecule has 0 aliphatic carbocycles. The molecule has 22 heavy (non-hydrogen) atoms. The molecule has 2 aromatic carbocycles. The van der Waals surface area contributed by atoms with E-state index in [4.69, 9.17) is 4.74 Å². The van der Waals surface area contributed by atoms with Crippen molar-refractivity contribution in [2.45, 2.75) is 30.8 Å². The van der Waals surface area contributed by atoms with Crippen LogP contribution >= 0.6 is 11.9 Å². The lowest BCUT2D eigenvalue weighted by molar-refractivity contribution is -0.131. The number of fused-ring (bicyclic) bond motifs is 1. The molecule has 0 spiro atoms.